The van der Waals surface area contributed by atoms with Gasteiger partial charge >= 0.3 is 0 Å². The van der Waals surface area contributed by atoms with Crippen LogP contribution in [0.3, 0.4) is 0 Å². The van der Waals surface area contributed by atoms with E-state index in [2.05, 4.69) is 10.6 Å². The molecule has 0 spiro atoms. The molecule has 1 amide bonds. The topological polar surface area (TPSA) is 50.4 Å². The molecule has 6 heteroatoms. The first kappa shape index (κ1) is 18.6. The Morgan fingerprint density at radius 1 is 1.16 bits per heavy atom. The minimum Gasteiger partial charge on any atom is -0.494 e. The van der Waals surface area contributed by atoms with E-state index in [1.807, 2.05) is 31.2 Å². The fourth-order valence-corrected chi connectivity index (χ4v) is 2.13. The number of thiocarbonyl (C=S) groups is 1. The fourth-order valence-electron chi connectivity index (χ4n) is 1.92. The maximum absolute atomic E-state index is 12.8. The van der Waals surface area contributed by atoms with E-state index in [0.717, 1.165) is 23.4 Å². The lowest BCUT2D eigenvalue weighted by molar-refractivity contribution is -0.115. The van der Waals surface area contributed by atoms with E-state index in [4.69, 9.17) is 17.0 Å². The number of rotatable bonds is 6. The summed E-state index contributed by atoms with van der Waals surface area (Å²) in [6, 6.07) is 13.1. The Kier molecular flexibility index (Phi) is 7.10. The number of hydrogen-bond donors (Lipinski definition) is 2. The van der Waals surface area contributed by atoms with Crippen LogP contribution in [0.1, 0.15) is 18.9 Å². The van der Waals surface area contributed by atoms with Crippen LogP contribution in [0.25, 0.3) is 6.08 Å². The summed E-state index contributed by atoms with van der Waals surface area (Å²) in [7, 11) is 0. The predicted molar refractivity (Wildman–Crippen MR) is 102 cm³/mol. The molecule has 0 saturated carbocycles. The molecule has 0 heterocycles. The van der Waals surface area contributed by atoms with Gasteiger partial charge in [-0.3, -0.25) is 10.1 Å². The highest BCUT2D eigenvalue weighted by Gasteiger charge is 2.02. The van der Waals surface area contributed by atoms with E-state index in [0.29, 0.717) is 6.61 Å². The van der Waals surface area contributed by atoms with E-state index in [-0.39, 0.29) is 16.8 Å². The molecule has 2 rings (SSSR count). The second-order valence-electron chi connectivity index (χ2n) is 5.20. The van der Waals surface area contributed by atoms with Crippen LogP contribution in [0.5, 0.6) is 5.75 Å². The van der Waals surface area contributed by atoms with Crippen molar-refractivity contribution in [2.45, 2.75) is 13.3 Å². The van der Waals surface area contributed by atoms with Gasteiger partial charge in [0, 0.05) is 11.8 Å². The summed E-state index contributed by atoms with van der Waals surface area (Å²) >= 11 is 5.11. The Hall–Kier alpha value is -2.73. The van der Waals surface area contributed by atoms with Crippen LogP contribution in [0.15, 0.2) is 54.6 Å². The molecule has 0 bridgehead atoms. The molecule has 0 aliphatic heterocycles. The lowest BCUT2D eigenvalue weighted by Crippen LogP contribution is -2.32. The number of hydrogen-bond acceptors (Lipinski definition) is 3. The van der Waals surface area contributed by atoms with Crippen molar-refractivity contribution in [3.05, 3.63) is 66.0 Å². The van der Waals surface area contributed by atoms with Gasteiger partial charge in [-0.15, -0.1) is 0 Å². The van der Waals surface area contributed by atoms with Gasteiger partial charge in [0.15, 0.2) is 5.11 Å². The zero-order chi connectivity index (χ0) is 18.1. The van der Waals surface area contributed by atoms with Gasteiger partial charge in [-0.1, -0.05) is 19.1 Å². The minimum absolute atomic E-state index is 0.191. The number of carbonyl (C=O) groups excluding carboxylic acids is 1. The fraction of sp³-hybridized carbons (Fsp3) is 0.158. The predicted octanol–water partition coefficient (Wildman–Crippen LogP) is 4.14. The van der Waals surface area contributed by atoms with Crippen molar-refractivity contribution in [3.63, 3.8) is 0 Å². The Morgan fingerprint density at radius 3 is 2.48 bits per heavy atom. The first-order valence-electron chi connectivity index (χ1n) is 7.85. The normalized spacial score (nSPS) is 10.5. The Morgan fingerprint density at radius 2 is 1.84 bits per heavy atom. The summed E-state index contributed by atoms with van der Waals surface area (Å²) in [6.07, 6.45) is 3.86. The monoisotopic (exact) mass is 358 g/mol. The van der Waals surface area contributed by atoms with E-state index < -0.39 is 0 Å². The van der Waals surface area contributed by atoms with Gasteiger partial charge in [-0.25, -0.2) is 4.39 Å². The maximum atomic E-state index is 12.8. The maximum Gasteiger partial charge on any atom is 0.250 e. The number of anilines is 1. The van der Waals surface area contributed by atoms with Crippen molar-refractivity contribution in [2.75, 3.05) is 11.9 Å². The van der Waals surface area contributed by atoms with Gasteiger partial charge in [-0.2, -0.15) is 0 Å². The summed E-state index contributed by atoms with van der Waals surface area (Å²) < 4.78 is 18.3. The van der Waals surface area contributed by atoms with Gasteiger partial charge in [0.05, 0.1) is 6.61 Å². The Bertz CT molecular complexity index is 743. The smallest absolute Gasteiger partial charge is 0.250 e. The third-order valence-electron chi connectivity index (χ3n) is 3.12. The molecular formula is C19H19FN2O2S. The van der Waals surface area contributed by atoms with Crippen molar-refractivity contribution in [1.82, 2.24) is 5.32 Å². The molecule has 0 radical (unpaired) electrons. The van der Waals surface area contributed by atoms with Gasteiger partial charge in [0.25, 0.3) is 0 Å². The second-order valence-corrected chi connectivity index (χ2v) is 5.61. The molecule has 2 aromatic carbocycles. The molecule has 0 fully saturated rings. The van der Waals surface area contributed by atoms with Crippen molar-refractivity contribution < 1.29 is 13.9 Å². The van der Waals surface area contributed by atoms with Crippen molar-refractivity contribution in [1.29, 1.82) is 0 Å². The zero-order valence-corrected chi connectivity index (χ0v) is 14.6. The van der Waals surface area contributed by atoms with E-state index >= 15 is 0 Å². The molecule has 0 unspecified atom stereocenters. The number of nitrogens with one attached hydrogen (secondary N) is 2. The average Bonchev–Trinajstić information content (AvgIpc) is 2.60. The van der Waals surface area contributed by atoms with Crippen molar-refractivity contribution >= 4 is 35.0 Å². The zero-order valence-electron chi connectivity index (χ0n) is 13.8. The first-order valence-corrected chi connectivity index (χ1v) is 8.26. The largest absolute Gasteiger partial charge is 0.494 e. The van der Waals surface area contributed by atoms with Crippen LogP contribution in [0.2, 0.25) is 0 Å². The molecule has 0 aliphatic rings. The van der Waals surface area contributed by atoms with Crippen LogP contribution < -0.4 is 15.4 Å². The van der Waals surface area contributed by atoms with Gasteiger partial charge in [0.2, 0.25) is 5.91 Å². The first-order chi connectivity index (χ1) is 12.1. The van der Waals surface area contributed by atoms with Gasteiger partial charge < -0.3 is 10.1 Å². The van der Waals surface area contributed by atoms with Crippen molar-refractivity contribution in [2.24, 2.45) is 0 Å². The molecule has 2 N–H and O–H groups in total. The minimum atomic E-state index is -0.371. The molecule has 0 atom stereocenters. The van der Waals surface area contributed by atoms with Crippen LogP contribution in [-0.4, -0.2) is 17.6 Å². The highest BCUT2D eigenvalue weighted by molar-refractivity contribution is 7.80. The summed E-state index contributed by atoms with van der Waals surface area (Å²) in [5.41, 5.74) is 1.47. The quantitative estimate of drug-likeness (QED) is 0.602. The number of carbonyl (C=O) groups is 1. The molecule has 0 saturated heterocycles. The number of halogens is 1. The van der Waals surface area contributed by atoms with Crippen LogP contribution in [0.4, 0.5) is 10.1 Å². The second kappa shape index (κ2) is 9.54. The summed E-state index contributed by atoms with van der Waals surface area (Å²) in [5.74, 6) is 0.0902. The van der Waals surface area contributed by atoms with E-state index in [9.17, 15) is 9.18 Å². The molecule has 0 aromatic heterocycles. The van der Waals surface area contributed by atoms with Crippen molar-refractivity contribution in [3.8, 4) is 5.75 Å². The van der Waals surface area contributed by atoms with Crippen LogP contribution in [-0.2, 0) is 4.79 Å². The third-order valence-corrected chi connectivity index (χ3v) is 3.32. The Balaban J connectivity index is 1.82. The molecule has 130 valence electrons. The summed E-state index contributed by atoms with van der Waals surface area (Å²) in [5, 5.41) is 5.66. The third kappa shape index (κ3) is 6.73. The molecule has 0 aliphatic carbocycles. The van der Waals surface area contributed by atoms with Gasteiger partial charge in [0.1, 0.15) is 11.6 Å². The standard InChI is InChI=1S/C19H19FN2O2S/c1-2-13-24-17-10-8-16(9-11-17)21-19(25)22-18(23)12-5-14-3-6-15(20)7-4-14/h3-12H,2,13H2,1H3,(H2,21,22,23,25). The van der Waals surface area contributed by atoms with E-state index in [1.54, 1.807) is 18.2 Å². The highest BCUT2D eigenvalue weighted by atomic mass is 32.1. The highest BCUT2D eigenvalue weighted by Crippen LogP contribution is 2.15. The molecule has 4 nitrogen and oxygen atoms in total. The summed E-state index contributed by atoms with van der Waals surface area (Å²) in [4.78, 5) is 11.8. The van der Waals surface area contributed by atoms with Crippen LogP contribution >= 0.6 is 12.2 Å². The van der Waals surface area contributed by atoms with Gasteiger partial charge in [-0.05, 0) is 66.7 Å². The summed E-state index contributed by atoms with van der Waals surface area (Å²) in [6.45, 7) is 2.71. The lowest BCUT2D eigenvalue weighted by Gasteiger charge is -2.09. The molecular weight excluding hydrogens is 339 g/mol. The molecule has 2 aromatic rings. The van der Waals surface area contributed by atoms with E-state index in [1.165, 1.54) is 18.2 Å². The number of amides is 1. The Labute approximate surface area is 151 Å². The van der Waals surface area contributed by atoms with Crippen LogP contribution in [0, 0.1) is 5.82 Å². The SMILES string of the molecule is CCCOc1ccc(NC(=S)NC(=O)C=Cc2ccc(F)cc2)cc1. The number of ether oxygens (including phenoxy) is 1. The average molecular weight is 358 g/mol. The number of benzene rings is 2. The lowest BCUT2D eigenvalue weighted by atomic mass is 10.2. The molecule has 25 heavy (non-hydrogen) atoms.